The first-order valence-corrected chi connectivity index (χ1v) is 7.34. The highest BCUT2D eigenvalue weighted by molar-refractivity contribution is 5.96. The van der Waals surface area contributed by atoms with Crippen molar-refractivity contribution in [3.63, 3.8) is 0 Å². The van der Waals surface area contributed by atoms with E-state index in [1.165, 1.54) is 5.56 Å². The van der Waals surface area contributed by atoms with Crippen molar-refractivity contribution in [2.24, 2.45) is 0 Å². The fraction of sp³-hybridized carbons (Fsp3) is 0.278. The largest absolute Gasteiger partial charge is 0.490 e. The number of carbonyl (C=O) groups excluding carboxylic acids is 1. The third-order valence-corrected chi connectivity index (χ3v) is 3.22. The molecule has 0 radical (unpaired) electrons. The highest BCUT2D eigenvalue weighted by Gasteiger charge is 2.11. The molecule has 1 amide bonds. The Kier molecular flexibility index (Phi) is 6.45. The van der Waals surface area contributed by atoms with Crippen LogP contribution in [-0.4, -0.2) is 32.8 Å². The second-order valence-electron chi connectivity index (χ2n) is 4.83. The molecule has 0 saturated carbocycles. The number of benzene rings is 2. The summed E-state index contributed by atoms with van der Waals surface area (Å²) in [4.78, 5) is 12.3. The molecule has 4 heteroatoms. The minimum absolute atomic E-state index is 0.121. The standard InChI is InChI=1S/C18H21NO3/c1-21-13-14-22-17-10-6-5-9-16(17)18(20)19-12-11-15-7-3-2-4-8-15/h2-10H,11-14H2,1H3,(H,19,20). The monoisotopic (exact) mass is 299 g/mol. The molecule has 0 heterocycles. The molecule has 1 N–H and O–H groups in total. The van der Waals surface area contributed by atoms with Crippen molar-refractivity contribution in [3.05, 3.63) is 65.7 Å². The number of carbonyl (C=O) groups is 1. The number of rotatable bonds is 8. The summed E-state index contributed by atoms with van der Waals surface area (Å²) >= 11 is 0. The van der Waals surface area contributed by atoms with E-state index >= 15 is 0 Å². The van der Waals surface area contributed by atoms with Gasteiger partial charge in [-0.2, -0.15) is 0 Å². The Bertz CT molecular complexity index is 584. The lowest BCUT2D eigenvalue weighted by Gasteiger charge is -2.11. The van der Waals surface area contributed by atoms with E-state index < -0.39 is 0 Å². The normalized spacial score (nSPS) is 10.2. The first kappa shape index (κ1) is 16.0. The lowest BCUT2D eigenvalue weighted by atomic mass is 10.1. The van der Waals surface area contributed by atoms with Crippen LogP contribution in [0.15, 0.2) is 54.6 Å². The fourth-order valence-electron chi connectivity index (χ4n) is 2.08. The van der Waals surface area contributed by atoms with Gasteiger partial charge in [-0.05, 0) is 24.1 Å². The molecule has 2 aromatic carbocycles. The first-order chi connectivity index (χ1) is 10.8. The summed E-state index contributed by atoms with van der Waals surface area (Å²) in [7, 11) is 1.62. The average Bonchev–Trinajstić information content (AvgIpc) is 2.56. The van der Waals surface area contributed by atoms with Crippen molar-refractivity contribution < 1.29 is 14.3 Å². The Labute approximate surface area is 131 Å². The number of amides is 1. The van der Waals surface area contributed by atoms with Crippen molar-refractivity contribution in [2.75, 3.05) is 26.9 Å². The molecule has 0 spiro atoms. The number of para-hydroxylation sites is 1. The van der Waals surface area contributed by atoms with Crippen LogP contribution < -0.4 is 10.1 Å². The van der Waals surface area contributed by atoms with Gasteiger partial charge in [0.2, 0.25) is 0 Å². The molecular weight excluding hydrogens is 278 g/mol. The van der Waals surface area contributed by atoms with Crippen LogP contribution >= 0.6 is 0 Å². The third kappa shape index (κ3) is 4.90. The van der Waals surface area contributed by atoms with Crippen molar-refractivity contribution in [3.8, 4) is 5.75 Å². The van der Waals surface area contributed by atoms with Crippen molar-refractivity contribution in [2.45, 2.75) is 6.42 Å². The summed E-state index contributed by atoms with van der Waals surface area (Å²) in [5, 5.41) is 2.93. The van der Waals surface area contributed by atoms with Crippen LogP contribution in [0.25, 0.3) is 0 Å². The first-order valence-electron chi connectivity index (χ1n) is 7.34. The minimum Gasteiger partial charge on any atom is -0.490 e. The average molecular weight is 299 g/mol. The van der Waals surface area contributed by atoms with E-state index in [9.17, 15) is 4.79 Å². The van der Waals surface area contributed by atoms with Gasteiger partial charge >= 0.3 is 0 Å². The SMILES string of the molecule is COCCOc1ccccc1C(=O)NCCc1ccccc1. The summed E-state index contributed by atoms with van der Waals surface area (Å²) in [5.74, 6) is 0.459. The van der Waals surface area contributed by atoms with Gasteiger partial charge in [-0.1, -0.05) is 42.5 Å². The van der Waals surface area contributed by atoms with E-state index in [4.69, 9.17) is 9.47 Å². The van der Waals surface area contributed by atoms with Gasteiger partial charge in [0, 0.05) is 13.7 Å². The molecule has 2 rings (SSSR count). The predicted molar refractivity (Wildman–Crippen MR) is 86.3 cm³/mol. The molecular formula is C18H21NO3. The Morgan fingerprint density at radius 3 is 2.50 bits per heavy atom. The number of methoxy groups -OCH3 is 1. The summed E-state index contributed by atoms with van der Waals surface area (Å²) < 4.78 is 10.5. The van der Waals surface area contributed by atoms with Gasteiger partial charge in [0.05, 0.1) is 12.2 Å². The molecule has 4 nitrogen and oxygen atoms in total. The van der Waals surface area contributed by atoms with Gasteiger partial charge in [0.15, 0.2) is 0 Å². The fourth-order valence-corrected chi connectivity index (χ4v) is 2.08. The summed E-state index contributed by atoms with van der Waals surface area (Å²) in [6, 6.07) is 17.3. The predicted octanol–water partition coefficient (Wildman–Crippen LogP) is 2.68. The lowest BCUT2D eigenvalue weighted by Crippen LogP contribution is -2.26. The van der Waals surface area contributed by atoms with E-state index in [-0.39, 0.29) is 5.91 Å². The van der Waals surface area contributed by atoms with Crippen molar-refractivity contribution in [1.29, 1.82) is 0 Å². The zero-order valence-corrected chi connectivity index (χ0v) is 12.7. The number of nitrogens with one attached hydrogen (secondary N) is 1. The number of hydrogen-bond acceptors (Lipinski definition) is 3. The zero-order valence-electron chi connectivity index (χ0n) is 12.7. The van der Waals surface area contributed by atoms with E-state index in [0.717, 1.165) is 6.42 Å². The second kappa shape index (κ2) is 8.85. The van der Waals surface area contributed by atoms with Gasteiger partial charge in [-0.3, -0.25) is 4.79 Å². The molecule has 22 heavy (non-hydrogen) atoms. The summed E-state index contributed by atoms with van der Waals surface area (Å²) in [6.07, 6.45) is 0.805. The lowest BCUT2D eigenvalue weighted by molar-refractivity contribution is 0.0946. The van der Waals surface area contributed by atoms with Gasteiger partial charge in [-0.25, -0.2) is 0 Å². The minimum atomic E-state index is -0.121. The molecule has 0 aliphatic carbocycles. The number of ether oxygens (including phenoxy) is 2. The molecule has 0 fully saturated rings. The number of hydrogen-bond donors (Lipinski definition) is 1. The van der Waals surface area contributed by atoms with Gasteiger partial charge in [0.25, 0.3) is 5.91 Å². The highest BCUT2D eigenvalue weighted by atomic mass is 16.5. The molecule has 0 aliphatic heterocycles. The molecule has 2 aromatic rings. The quantitative estimate of drug-likeness (QED) is 0.762. The van der Waals surface area contributed by atoms with Crippen LogP contribution in [0.2, 0.25) is 0 Å². The van der Waals surface area contributed by atoms with Gasteiger partial charge in [0.1, 0.15) is 12.4 Å². The van der Waals surface area contributed by atoms with Crippen LogP contribution in [0, 0.1) is 0 Å². The van der Waals surface area contributed by atoms with Crippen molar-refractivity contribution in [1.82, 2.24) is 5.32 Å². The van der Waals surface area contributed by atoms with Crippen LogP contribution in [0.5, 0.6) is 5.75 Å². The topological polar surface area (TPSA) is 47.6 Å². The molecule has 0 atom stereocenters. The maximum Gasteiger partial charge on any atom is 0.255 e. The molecule has 0 aliphatic rings. The molecule has 0 unspecified atom stereocenters. The van der Waals surface area contributed by atoms with E-state index in [0.29, 0.717) is 31.1 Å². The maximum atomic E-state index is 12.3. The highest BCUT2D eigenvalue weighted by Crippen LogP contribution is 2.17. The smallest absolute Gasteiger partial charge is 0.255 e. The van der Waals surface area contributed by atoms with Gasteiger partial charge in [-0.15, -0.1) is 0 Å². The van der Waals surface area contributed by atoms with Crippen LogP contribution in [0.4, 0.5) is 0 Å². The van der Waals surface area contributed by atoms with Gasteiger partial charge < -0.3 is 14.8 Å². The Morgan fingerprint density at radius 1 is 1.00 bits per heavy atom. The van der Waals surface area contributed by atoms with Crippen molar-refractivity contribution >= 4 is 5.91 Å². The van der Waals surface area contributed by atoms with E-state index in [1.807, 2.05) is 42.5 Å². The summed E-state index contributed by atoms with van der Waals surface area (Å²) in [5.41, 5.74) is 1.75. The second-order valence-corrected chi connectivity index (χ2v) is 4.83. The Hall–Kier alpha value is -2.33. The van der Waals surface area contributed by atoms with Crippen LogP contribution in [-0.2, 0) is 11.2 Å². The maximum absolute atomic E-state index is 12.3. The Balaban J connectivity index is 1.89. The molecule has 0 aromatic heterocycles. The van der Waals surface area contributed by atoms with Crippen LogP contribution in [0.3, 0.4) is 0 Å². The third-order valence-electron chi connectivity index (χ3n) is 3.22. The van der Waals surface area contributed by atoms with E-state index in [2.05, 4.69) is 5.32 Å². The molecule has 0 bridgehead atoms. The zero-order chi connectivity index (χ0) is 15.6. The Morgan fingerprint density at radius 2 is 1.73 bits per heavy atom. The summed E-state index contributed by atoms with van der Waals surface area (Å²) in [6.45, 7) is 1.50. The molecule has 0 saturated heterocycles. The van der Waals surface area contributed by atoms with Crippen LogP contribution in [0.1, 0.15) is 15.9 Å². The molecule has 116 valence electrons. The van der Waals surface area contributed by atoms with E-state index in [1.54, 1.807) is 19.2 Å².